The molecule has 0 aromatic heterocycles. The third kappa shape index (κ3) is 4.70. The number of anilines is 1. The Hall–Kier alpha value is -2.14. The highest BCUT2D eigenvalue weighted by Crippen LogP contribution is 2.14. The van der Waals surface area contributed by atoms with E-state index in [0.29, 0.717) is 18.5 Å². The molecular weight excluding hydrogens is 298 g/mol. The highest BCUT2D eigenvalue weighted by molar-refractivity contribution is 7.90. The molecule has 0 unspecified atom stereocenters. The zero-order chi connectivity index (χ0) is 16.2. The third-order valence-corrected chi connectivity index (χ3v) is 4.42. The normalized spacial score (nSPS) is 11.2. The smallest absolute Gasteiger partial charge is 0.224 e. The number of hydrogen-bond donors (Lipinski definition) is 1. The molecule has 2 aromatic carbocycles. The fourth-order valence-electron chi connectivity index (χ4n) is 2.13. The molecule has 5 heteroatoms. The summed E-state index contributed by atoms with van der Waals surface area (Å²) in [6.45, 7) is 2.02. The Morgan fingerprint density at radius 2 is 1.77 bits per heavy atom. The number of nitrogens with one attached hydrogen (secondary N) is 1. The zero-order valence-electron chi connectivity index (χ0n) is 12.7. The van der Waals surface area contributed by atoms with E-state index in [2.05, 4.69) is 11.4 Å². The Morgan fingerprint density at radius 3 is 2.36 bits per heavy atom. The zero-order valence-corrected chi connectivity index (χ0v) is 13.5. The van der Waals surface area contributed by atoms with E-state index in [9.17, 15) is 13.2 Å². The first kappa shape index (κ1) is 16.2. The lowest BCUT2D eigenvalue weighted by Crippen LogP contribution is -2.12. The van der Waals surface area contributed by atoms with Crippen LogP contribution in [0.25, 0.3) is 0 Å². The lowest BCUT2D eigenvalue weighted by Gasteiger charge is -2.06. The largest absolute Gasteiger partial charge is 0.326 e. The fourth-order valence-corrected chi connectivity index (χ4v) is 2.76. The minimum atomic E-state index is -3.21. The van der Waals surface area contributed by atoms with Gasteiger partial charge in [0.1, 0.15) is 0 Å². The van der Waals surface area contributed by atoms with Crippen LogP contribution in [0.2, 0.25) is 0 Å². The minimum Gasteiger partial charge on any atom is -0.326 e. The molecule has 0 bridgehead atoms. The summed E-state index contributed by atoms with van der Waals surface area (Å²) in [5.41, 5.74) is 2.90. The second-order valence-corrected chi connectivity index (χ2v) is 7.35. The van der Waals surface area contributed by atoms with Crippen molar-refractivity contribution in [1.29, 1.82) is 0 Å². The highest BCUT2D eigenvalue weighted by Gasteiger charge is 2.07. The molecular formula is C17H19NO3S. The van der Waals surface area contributed by atoms with Crippen molar-refractivity contribution in [3.63, 3.8) is 0 Å². The second-order valence-electron chi connectivity index (χ2n) is 5.33. The molecule has 0 saturated heterocycles. The van der Waals surface area contributed by atoms with Crippen LogP contribution in [0, 0.1) is 6.92 Å². The molecule has 0 atom stereocenters. The Bertz CT molecular complexity index is 765. The molecule has 1 amide bonds. The molecule has 2 rings (SSSR count). The number of sulfone groups is 1. The molecule has 0 heterocycles. The van der Waals surface area contributed by atoms with E-state index >= 15 is 0 Å². The standard InChI is InChI=1S/C17H19NO3S/c1-13-4-3-5-14(12-13)6-11-17(19)18-15-7-9-16(10-8-15)22(2,20)21/h3-5,7-10,12H,6,11H2,1-2H3,(H,18,19). The van der Waals surface area contributed by atoms with E-state index in [4.69, 9.17) is 0 Å². The maximum atomic E-state index is 11.9. The average molecular weight is 317 g/mol. The van der Waals surface area contributed by atoms with Crippen LogP contribution < -0.4 is 5.32 Å². The molecule has 116 valence electrons. The van der Waals surface area contributed by atoms with E-state index in [1.54, 1.807) is 12.1 Å². The molecule has 2 aromatic rings. The van der Waals surface area contributed by atoms with Crippen LogP contribution in [-0.4, -0.2) is 20.6 Å². The number of rotatable bonds is 5. The van der Waals surface area contributed by atoms with Crippen LogP contribution in [0.15, 0.2) is 53.4 Å². The van der Waals surface area contributed by atoms with Gasteiger partial charge in [-0.25, -0.2) is 8.42 Å². The van der Waals surface area contributed by atoms with Gasteiger partial charge < -0.3 is 5.32 Å². The van der Waals surface area contributed by atoms with Gasteiger partial charge in [0.25, 0.3) is 0 Å². The van der Waals surface area contributed by atoms with Gasteiger partial charge in [0, 0.05) is 18.4 Å². The number of carbonyl (C=O) groups is 1. The van der Waals surface area contributed by atoms with Crippen molar-refractivity contribution in [3.8, 4) is 0 Å². The first-order chi connectivity index (χ1) is 10.3. The maximum absolute atomic E-state index is 11.9. The van der Waals surface area contributed by atoms with Gasteiger partial charge in [0.05, 0.1) is 4.90 Å². The van der Waals surface area contributed by atoms with Gasteiger partial charge in [0.15, 0.2) is 9.84 Å². The van der Waals surface area contributed by atoms with Crippen LogP contribution in [0.1, 0.15) is 17.5 Å². The SMILES string of the molecule is Cc1cccc(CCC(=O)Nc2ccc(S(C)(=O)=O)cc2)c1. The number of amides is 1. The Kier molecular flexibility index (Phi) is 4.98. The maximum Gasteiger partial charge on any atom is 0.224 e. The van der Waals surface area contributed by atoms with Gasteiger partial charge in [-0.15, -0.1) is 0 Å². The summed E-state index contributed by atoms with van der Waals surface area (Å²) >= 11 is 0. The highest BCUT2D eigenvalue weighted by atomic mass is 32.2. The Balaban J connectivity index is 1.92. The lowest BCUT2D eigenvalue weighted by molar-refractivity contribution is -0.116. The Labute approximate surface area is 131 Å². The predicted octanol–water partition coefficient (Wildman–Crippen LogP) is 2.97. The quantitative estimate of drug-likeness (QED) is 0.922. The summed E-state index contributed by atoms with van der Waals surface area (Å²) in [7, 11) is -3.21. The molecule has 1 N–H and O–H groups in total. The number of benzene rings is 2. The average Bonchev–Trinajstić information content (AvgIpc) is 2.45. The van der Waals surface area contributed by atoms with Crippen molar-refractivity contribution in [2.45, 2.75) is 24.7 Å². The topological polar surface area (TPSA) is 63.2 Å². The van der Waals surface area contributed by atoms with Crippen molar-refractivity contribution in [1.82, 2.24) is 0 Å². The molecule has 22 heavy (non-hydrogen) atoms. The van der Waals surface area contributed by atoms with Crippen molar-refractivity contribution in [3.05, 3.63) is 59.7 Å². The number of carbonyl (C=O) groups excluding carboxylic acids is 1. The summed E-state index contributed by atoms with van der Waals surface area (Å²) in [4.78, 5) is 12.2. The fraction of sp³-hybridized carbons (Fsp3) is 0.235. The van der Waals surface area contributed by atoms with Crippen molar-refractivity contribution in [2.24, 2.45) is 0 Å². The van der Waals surface area contributed by atoms with Gasteiger partial charge in [0.2, 0.25) is 5.91 Å². The monoisotopic (exact) mass is 317 g/mol. The molecule has 0 aliphatic heterocycles. The van der Waals surface area contributed by atoms with Gasteiger partial charge >= 0.3 is 0 Å². The van der Waals surface area contributed by atoms with Gasteiger partial charge in [-0.3, -0.25) is 4.79 Å². The predicted molar refractivity (Wildman–Crippen MR) is 87.7 cm³/mol. The summed E-state index contributed by atoms with van der Waals surface area (Å²) in [5, 5.41) is 2.77. The van der Waals surface area contributed by atoms with Crippen LogP contribution >= 0.6 is 0 Å². The Morgan fingerprint density at radius 1 is 1.09 bits per heavy atom. The van der Waals surface area contributed by atoms with Crippen LogP contribution in [0.5, 0.6) is 0 Å². The van der Waals surface area contributed by atoms with Gasteiger partial charge in [-0.05, 0) is 43.2 Å². The molecule has 0 radical (unpaired) electrons. The minimum absolute atomic E-state index is 0.0892. The number of hydrogen-bond acceptors (Lipinski definition) is 3. The van der Waals surface area contributed by atoms with E-state index in [1.165, 1.54) is 17.7 Å². The summed E-state index contributed by atoms with van der Waals surface area (Å²) < 4.78 is 22.7. The first-order valence-corrected chi connectivity index (χ1v) is 8.89. The van der Waals surface area contributed by atoms with E-state index < -0.39 is 9.84 Å². The lowest BCUT2D eigenvalue weighted by atomic mass is 10.1. The van der Waals surface area contributed by atoms with Crippen LogP contribution in [0.4, 0.5) is 5.69 Å². The molecule has 4 nitrogen and oxygen atoms in total. The summed E-state index contributed by atoms with van der Waals surface area (Å²) in [5.74, 6) is -0.0892. The number of aryl methyl sites for hydroxylation is 2. The van der Waals surface area contributed by atoms with E-state index in [0.717, 1.165) is 11.8 Å². The van der Waals surface area contributed by atoms with Crippen molar-refractivity contribution >= 4 is 21.4 Å². The van der Waals surface area contributed by atoms with Crippen molar-refractivity contribution < 1.29 is 13.2 Å². The van der Waals surface area contributed by atoms with Crippen LogP contribution in [0.3, 0.4) is 0 Å². The second kappa shape index (κ2) is 6.75. The summed E-state index contributed by atoms with van der Waals surface area (Å²) in [6.07, 6.45) is 2.22. The van der Waals surface area contributed by atoms with Gasteiger partial charge in [-0.2, -0.15) is 0 Å². The van der Waals surface area contributed by atoms with Crippen molar-refractivity contribution in [2.75, 3.05) is 11.6 Å². The van der Waals surface area contributed by atoms with E-state index in [-0.39, 0.29) is 10.8 Å². The van der Waals surface area contributed by atoms with Crippen LogP contribution in [-0.2, 0) is 21.1 Å². The summed E-state index contributed by atoms with van der Waals surface area (Å²) in [6, 6.07) is 14.2. The van der Waals surface area contributed by atoms with E-state index in [1.807, 2.05) is 25.1 Å². The molecule has 0 aliphatic rings. The molecule has 0 aliphatic carbocycles. The molecule has 0 fully saturated rings. The molecule has 0 spiro atoms. The first-order valence-electron chi connectivity index (χ1n) is 7.00. The van der Waals surface area contributed by atoms with Gasteiger partial charge in [-0.1, -0.05) is 29.8 Å². The third-order valence-electron chi connectivity index (χ3n) is 3.29. The molecule has 0 saturated carbocycles.